The molecule has 3 aliphatic rings. The highest BCUT2D eigenvalue weighted by Gasteiger charge is 2.40. The average Bonchev–Trinajstić information content (AvgIpc) is 3.09. The fraction of sp³-hybridized carbons (Fsp3) is 0.471. The van der Waals surface area contributed by atoms with Crippen molar-refractivity contribution in [3.8, 4) is 10.4 Å². The summed E-state index contributed by atoms with van der Waals surface area (Å²) in [6, 6.07) is 1.95. The number of amides is 1. The maximum absolute atomic E-state index is 13.3. The summed E-state index contributed by atoms with van der Waals surface area (Å²) >= 11 is 1.27. The van der Waals surface area contributed by atoms with Gasteiger partial charge in [-0.2, -0.15) is 0 Å². The maximum atomic E-state index is 13.3. The number of pyridine rings is 1. The summed E-state index contributed by atoms with van der Waals surface area (Å²) in [5.74, 6) is 0.0232. The molecular weight excluding hydrogens is 327 g/mol. The second kappa shape index (κ2) is 6.22. The summed E-state index contributed by atoms with van der Waals surface area (Å²) in [6.07, 6.45) is 6.64. The number of aromatic nitrogens is 2. The molecule has 3 aliphatic heterocycles. The Balaban J connectivity index is 1.49. The molecule has 5 rings (SSSR count). The zero-order chi connectivity index (χ0) is 16.7. The number of carbonyl (C=O) groups excluding carboxylic acids is 1. The minimum atomic E-state index is -0.395. The van der Waals surface area contributed by atoms with Gasteiger partial charge in [0.15, 0.2) is 5.01 Å². The third-order valence-electron chi connectivity index (χ3n) is 5.16. The first kappa shape index (κ1) is 15.7. The quantitative estimate of drug-likeness (QED) is 0.928. The van der Waals surface area contributed by atoms with E-state index in [0.29, 0.717) is 22.5 Å². The van der Waals surface area contributed by atoms with E-state index in [9.17, 15) is 9.18 Å². The standard InChI is InChI=1S/C17H19FN4OS/c1-10-15(11-2-4-22(10)5-3-11)21-16(23)17-20-9-14(24-17)12-6-13(18)8-19-7-12/h6-11,15H,2-5H2,1H3,(H,21,23)/t10-,15-/m0/s1. The number of piperidine rings is 3. The fourth-order valence-electron chi connectivity index (χ4n) is 3.82. The summed E-state index contributed by atoms with van der Waals surface area (Å²) in [4.78, 5) is 23.8. The van der Waals surface area contributed by atoms with Gasteiger partial charge in [0.1, 0.15) is 5.82 Å². The maximum Gasteiger partial charge on any atom is 0.280 e. The molecule has 2 atom stereocenters. The molecule has 5 nitrogen and oxygen atoms in total. The van der Waals surface area contributed by atoms with Crippen molar-refractivity contribution in [2.24, 2.45) is 5.92 Å². The number of hydrogen-bond donors (Lipinski definition) is 1. The van der Waals surface area contributed by atoms with Crippen LogP contribution in [0.15, 0.2) is 24.7 Å². The molecule has 2 aromatic rings. The van der Waals surface area contributed by atoms with Crippen molar-refractivity contribution < 1.29 is 9.18 Å². The van der Waals surface area contributed by atoms with Crippen LogP contribution in [-0.4, -0.2) is 45.9 Å². The van der Waals surface area contributed by atoms with Gasteiger partial charge < -0.3 is 5.32 Å². The number of nitrogens with zero attached hydrogens (tertiary/aromatic N) is 3. The lowest BCUT2D eigenvalue weighted by atomic mass is 9.79. The molecule has 7 heteroatoms. The minimum Gasteiger partial charge on any atom is -0.345 e. The van der Waals surface area contributed by atoms with Crippen LogP contribution in [0.5, 0.6) is 0 Å². The molecule has 0 spiro atoms. The van der Waals surface area contributed by atoms with Crippen LogP contribution in [0, 0.1) is 11.7 Å². The molecule has 3 saturated heterocycles. The number of fused-ring (bicyclic) bond motifs is 3. The fourth-order valence-corrected chi connectivity index (χ4v) is 4.62. The number of rotatable bonds is 3. The molecule has 0 radical (unpaired) electrons. The van der Waals surface area contributed by atoms with E-state index in [1.807, 2.05) is 0 Å². The van der Waals surface area contributed by atoms with E-state index in [1.165, 1.54) is 17.4 Å². The van der Waals surface area contributed by atoms with Crippen molar-refractivity contribution in [1.29, 1.82) is 0 Å². The highest BCUT2D eigenvalue weighted by atomic mass is 32.1. The van der Waals surface area contributed by atoms with E-state index < -0.39 is 5.82 Å². The second-order valence-corrected chi connectivity index (χ2v) is 7.57. The molecule has 0 saturated carbocycles. The lowest BCUT2D eigenvalue weighted by Crippen LogP contribution is -2.62. The van der Waals surface area contributed by atoms with Crippen LogP contribution in [0.4, 0.5) is 4.39 Å². The van der Waals surface area contributed by atoms with Gasteiger partial charge in [0.2, 0.25) is 0 Å². The molecule has 0 aliphatic carbocycles. The first-order valence-corrected chi connectivity index (χ1v) is 9.05. The number of thiazole rings is 1. The van der Waals surface area contributed by atoms with Gasteiger partial charge in [0, 0.05) is 30.0 Å². The lowest BCUT2D eigenvalue weighted by Gasteiger charge is -2.49. The van der Waals surface area contributed by atoms with E-state index >= 15 is 0 Å². The zero-order valence-corrected chi connectivity index (χ0v) is 14.2. The number of halogens is 1. The van der Waals surface area contributed by atoms with Crippen molar-refractivity contribution in [2.45, 2.75) is 31.8 Å². The highest BCUT2D eigenvalue weighted by molar-refractivity contribution is 7.16. The topological polar surface area (TPSA) is 58.1 Å². The molecule has 2 aromatic heterocycles. The molecule has 1 N–H and O–H groups in total. The Morgan fingerprint density at radius 3 is 2.83 bits per heavy atom. The van der Waals surface area contributed by atoms with Crippen LogP contribution in [0.1, 0.15) is 29.6 Å². The van der Waals surface area contributed by atoms with Gasteiger partial charge in [-0.25, -0.2) is 9.37 Å². The molecule has 3 fully saturated rings. The van der Waals surface area contributed by atoms with Crippen LogP contribution in [0.2, 0.25) is 0 Å². The van der Waals surface area contributed by atoms with E-state index in [4.69, 9.17) is 0 Å². The van der Waals surface area contributed by atoms with Gasteiger partial charge >= 0.3 is 0 Å². The van der Waals surface area contributed by atoms with Gasteiger partial charge in [-0.05, 0) is 44.8 Å². The predicted molar refractivity (Wildman–Crippen MR) is 90.3 cm³/mol. The molecular formula is C17H19FN4OS. The van der Waals surface area contributed by atoms with Gasteiger partial charge in [0.25, 0.3) is 5.91 Å². The Morgan fingerprint density at radius 2 is 2.12 bits per heavy atom. The molecule has 126 valence electrons. The molecule has 0 aromatic carbocycles. The first-order chi connectivity index (χ1) is 11.6. The molecule has 5 heterocycles. The van der Waals surface area contributed by atoms with E-state index in [2.05, 4.69) is 27.1 Å². The Kier molecular flexibility index (Phi) is 4.05. The Morgan fingerprint density at radius 1 is 1.33 bits per heavy atom. The van der Waals surface area contributed by atoms with E-state index in [1.54, 1.807) is 12.4 Å². The lowest BCUT2D eigenvalue weighted by molar-refractivity contribution is 0.0217. The van der Waals surface area contributed by atoms with Crippen LogP contribution < -0.4 is 5.32 Å². The second-order valence-electron chi connectivity index (χ2n) is 6.53. The van der Waals surface area contributed by atoms with E-state index in [-0.39, 0.29) is 11.9 Å². The Labute approximate surface area is 143 Å². The first-order valence-electron chi connectivity index (χ1n) is 8.23. The van der Waals surface area contributed by atoms with Crippen molar-refractivity contribution in [3.63, 3.8) is 0 Å². The summed E-state index contributed by atoms with van der Waals surface area (Å²) in [5.41, 5.74) is 0.641. The predicted octanol–water partition coefficient (Wildman–Crippen LogP) is 2.56. The monoisotopic (exact) mass is 346 g/mol. The summed E-state index contributed by atoms with van der Waals surface area (Å²) in [5, 5.41) is 3.58. The van der Waals surface area contributed by atoms with E-state index in [0.717, 1.165) is 37.0 Å². The van der Waals surface area contributed by atoms with Crippen molar-refractivity contribution >= 4 is 17.2 Å². The van der Waals surface area contributed by atoms with Crippen LogP contribution in [0.25, 0.3) is 10.4 Å². The largest absolute Gasteiger partial charge is 0.345 e. The van der Waals surface area contributed by atoms with Gasteiger partial charge in [0.05, 0.1) is 11.1 Å². The average molecular weight is 346 g/mol. The molecule has 24 heavy (non-hydrogen) atoms. The van der Waals surface area contributed by atoms with Crippen molar-refractivity contribution in [1.82, 2.24) is 20.2 Å². The van der Waals surface area contributed by atoms with Crippen molar-refractivity contribution in [3.05, 3.63) is 35.5 Å². The Hall–Kier alpha value is -1.86. The van der Waals surface area contributed by atoms with Crippen LogP contribution in [-0.2, 0) is 0 Å². The molecule has 0 unspecified atom stereocenters. The number of nitrogens with one attached hydrogen (secondary N) is 1. The minimum absolute atomic E-state index is 0.138. The van der Waals surface area contributed by atoms with Crippen LogP contribution in [0.3, 0.4) is 0 Å². The Bertz CT molecular complexity index is 755. The molecule has 2 bridgehead atoms. The van der Waals surface area contributed by atoms with Crippen LogP contribution >= 0.6 is 11.3 Å². The van der Waals surface area contributed by atoms with Crippen molar-refractivity contribution in [2.75, 3.05) is 13.1 Å². The third kappa shape index (κ3) is 2.82. The number of carbonyl (C=O) groups is 1. The van der Waals surface area contributed by atoms with Gasteiger partial charge in [-0.3, -0.25) is 14.7 Å². The summed E-state index contributed by atoms with van der Waals surface area (Å²) in [6.45, 7) is 4.44. The normalized spacial score (nSPS) is 28.8. The van der Waals surface area contributed by atoms with Gasteiger partial charge in [-0.15, -0.1) is 11.3 Å². The highest BCUT2D eigenvalue weighted by Crippen LogP contribution is 2.32. The SMILES string of the molecule is C[C@H]1[C@H](NC(=O)c2ncc(-c3cncc(F)c3)s2)C2CCN1CC2. The number of hydrogen-bond acceptors (Lipinski definition) is 5. The third-order valence-corrected chi connectivity index (χ3v) is 6.21. The molecule has 1 amide bonds. The summed E-state index contributed by atoms with van der Waals surface area (Å²) in [7, 11) is 0. The summed E-state index contributed by atoms with van der Waals surface area (Å²) < 4.78 is 13.3. The zero-order valence-electron chi connectivity index (χ0n) is 13.4. The van der Waals surface area contributed by atoms with Gasteiger partial charge in [-0.1, -0.05) is 0 Å². The smallest absolute Gasteiger partial charge is 0.280 e.